The molecule has 0 aromatic heterocycles. The Morgan fingerprint density at radius 3 is 2.37 bits per heavy atom. The highest BCUT2D eigenvalue weighted by Crippen LogP contribution is 2.07. The molecule has 0 N–H and O–H groups in total. The van der Waals surface area contributed by atoms with Crippen LogP contribution >= 0.6 is 0 Å². The van der Waals surface area contributed by atoms with Gasteiger partial charge in [-0.2, -0.15) is 0 Å². The van der Waals surface area contributed by atoms with Crippen LogP contribution in [0.25, 0.3) is 0 Å². The van der Waals surface area contributed by atoms with Gasteiger partial charge in [-0.1, -0.05) is 33.6 Å². The van der Waals surface area contributed by atoms with Crippen molar-refractivity contribution >= 4 is 5.97 Å². The second-order valence-corrected chi connectivity index (χ2v) is 5.53. The normalized spacial score (nSPS) is 10.9. The Bertz CT molecular complexity index is 202. The summed E-state index contributed by atoms with van der Waals surface area (Å²) in [6, 6.07) is 0. The van der Waals surface area contributed by atoms with E-state index in [1.54, 1.807) is 0 Å². The molecule has 0 aromatic rings. The number of carbonyl (C=O) groups is 1. The zero-order valence-corrected chi connectivity index (χ0v) is 13.1. The summed E-state index contributed by atoms with van der Waals surface area (Å²) in [5, 5.41) is 0. The molecule has 19 heavy (non-hydrogen) atoms. The maximum atomic E-state index is 11.4. The molecule has 0 rings (SSSR count). The van der Waals surface area contributed by atoms with Gasteiger partial charge in [0, 0.05) is 19.6 Å². The van der Waals surface area contributed by atoms with Crippen molar-refractivity contribution in [3.63, 3.8) is 0 Å². The van der Waals surface area contributed by atoms with Crippen molar-refractivity contribution in [1.82, 2.24) is 0 Å². The molecule has 0 saturated heterocycles. The Morgan fingerprint density at radius 2 is 1.68 bits per heavy atom. The SMILES string of the molecule is CCCOCCCCCC(=O)OCCCCC(C)C. The summed E-state index contributed by atoms with van der Waals surface area (Å²) in [5.41, 5.74) is 0. The zero-order chi connectivity index (χ0) is 14.3. The number of esters is 1. The van der Waals surface area contributed by atoms with E-state index in [2.05, 4.69) is 20.8 Å². The highest BCUT2D eigenvalue weighted by atomic mass is 16.5. The van der Waals surface area contributed by atoms with Crippen LogP contribution < -0.4 is 0 Å². The van der Waals surface area contributed by atoms with Gasteiger partial charge in [0.1, 0.15) is 0 Å². The smallest absolute Gasteiger partial charge is 0.305 e. The van der Waals surface area contributed by atoms with E-state index < -0.39 is 0 Å². The van der Waals surface area contributed by atoms with Gasteiger partial charge < -0.3 is 9.47 Å². The van der Waals surface area contributed by atoms with Crippen LogP contribution in [0.3, 0.4) is 0 Å². The third kappa shape index (κ3) is 15.4. The van der Waals surface area contributed by atoms with Gasteiger partial charge in [-0.25, -0.2) is 0 Å². The molecule has 0 radical (unpaired) electrons. The molecule has 0 aliphatic heterocycles. The van der Waals surface area contributed by atoms with Crippen molar-refractivity contribution in [2.75, 3.05) is 19.8 Å². The van der Waals surface area contributed by atoms with E-state index in [1.807, 2.05) is 0 Å². The van der Waals surface area contributed by atoms with Gasteiger partial charge in [0.2, 0.25) is 0 Å². The van der Waals surface area contributed by atoms with Crippen molar-refractivity contribution < 1.29 is 14.3 Å². The van der Waals surface area contributed by atoms with Crippen LogP contribution in [0.1, 0.15) is 72.1 Å². The molecular formula is C16H32O3. The van der Waals surface area contributed by atoms with Crippen molar-refractivity contribution in [2.45, 2.75) is 72.1 Å². The minimum absolute atomic E-state index is 0.0426. The molecule has 0 amide bonds. The van der Waals surface area contributed by atoms with Gasteiger partial charge in [-0.05, 0) is 38.0 Å². The molecule has 0 aliphatic carbocycles. The lowest BCUT2D eigenvalue weighted by atomic mass is 10.1. The molecular weight excluding hydrogens is 240 g/mol. The van der Waals surface area contributed by atoms with Gasteiger partial charge in [0.05, 0.1) is 6.61 Å². The first-order chi connectivity index (χ1) is 9.16. The third-order valence-electron chi connectivity index (χ3n) is 2.96. The monoisotopic (exact) mass is 272 g/mol. The van der Waals surface area contributed by atoms with E-state index in [1.165, 1.54) is 6.42 Å². The Labute approximate surface area is 119 Å². The molecule has 0 atom stereocenters. The number of ether oxygens (including phenoxy) is 2. The molecule has 0 heterocycles. The van der Waals surface area contributed by atoms with Gasteiger partial charge in [-0.3, -0.25) is 4.79 Å². The predicted octanol–water partition coefficient (Wildman–Crippen LogP) is 4.34. The lowest BCUT2D eigenvalue weighted by molar-refractivity contribution is -0.143. The standard InChI is InChI=1S/C16H32O3/c1-4-12-18-13-8-5-6-11-16(17)19-14-9-7-10-15(2)3/h15H,4-14H2,1-3H3. The quantitative estimate of drug-likeness (QED) is 0.369. The summed E-state index contributed by atoms with van der Waals surface area (Å²) in [6.45, 7) is 8.80. The number of carbonyl (C=O) groups excluding carboxylic acids is 1. The summed E-state index contributed by atoms with van der Waals surface area (Å²) >= 11 is 0. The Kier molecular flexibility index (Phi) is 13.4. The van der Waals surface area contributed by atoms with Crippen LogP contribution in [-0.4, -0.2) is 25.8 Å². The van der Waals surface area contributed by atoms with Crippen LogP contribution in [0.15, 0.2) is 0 Å². The van der Waals surface area contributed by atoms with Crippen LogP contribution in [0.2, 0.25) is 0 Å². The molecule has 0 aromatic carbocycles. The van der Waals surface area contributed by atoms with Crippen LogP contribution in [0.5, 0.6) is 0 Å². The molecule has 0 fully saturated rings. The minimum Gasteiger partial charge on any atom is -0.466 e. The Hall–Kier alpha value is -0.570. The van der Waals surface area contributed by atoms with Gasteiger partial charge in [0.25, 0.3) is 0 Å². The summed E-state index contributed by atoms with van der Waals surface area (Å²) < 4.78 is 10.6. The molecule has 0 bridgehead atoms. The number of rotatable bonds is 13. The third-order valence-corrected chi connectivity index (χ3v) is 2.96. The van der Waals surface area contributed by atoms with E-state index in [0.29, 0.717) is 13.0 Å². The largest absolute Gasteiger partial charge is 0.466 e. The van der Waals surface area contributed by atoms with E-state index in [4.69, 9.17) is 9.47 Å². The van der Waals surface area contributed by atoms with Gasteiger partial charge >= 0.3 is 5.97 Å². The molecule has 3 nitrogen and oxygen atoms in total. The summed E-state index contributed by atoms with van der Waals surface area (Å²) in [5.74, 6) is 0.699. The zero-order valence-electron chi connectivity index (χ0n) is 13.1. The number of unbranched alkanes of at least 4 members (excludes halogenated alkanes) is 3. The summed E-state index contributed by atoms with van der Waals surface area (Å²) in [4.78, 5) is 11.4. The first-order valence-electron chi connectivity index (χ1n) is 7.90. The topological polar surface area (TPSA) is 35.5 Å². The maximum absolute atomic E-state index is 11.4. The van der Waals surface area contributed by atoms with E-state index >= 15 is 0 Å². The molecule has 0 unspecified atom stereocenters. The fourth-order valence-corrected chi connectivity index (χ4v) is 1.81. The van der Waals surface area contributed by atoms with Gasteiger partial charge in [-0.15, -0.1) is 0 Å². The molecule has 3 heteroatoms. The molecule has 0 spiro atoms. The van der Waals surface area contributed by atoms with Crippen molar-refractivity contribution in [3.05, 3.63) is 0 Å². The fraction of sp³-hybridized carbons (Fsp3) is 0.938. The van der Waals surface area contributed by atoms with E-state index in [-0.39, 0.29) is 5.97 Å². The minimum atomic E-state index is -0.0426. The predicted molar refractivity (Wildman–Crippen MR) is 79.2 cm³/mol. The second-order valence-electron chi connectivity index (χ2n) is 5.53. The van der Waals surface area contributed by atoms with Crippen molar-refractivity contribution in [1.29, 1.82) is 0 Å². The average Bonchev–Trinajstić information content (AvgIpc) is 2.37. The molecule has 0 saturated carbocycles. The van der Waals surface area contributed by atoms with E-state index in [0.717, 1.165) is 57.7 Å². The van der Waals surface area contributed by atoms with Crippen LogP contribution in [-0.2, 0) is 14.3 Å². The van der Waals surface area contributed by atoms with Gasteiger partial charge in [0.15, 0.2) is 0 Å². The summed E-state index contributed by atoms with van der Waals surface area (Å²) in [6.07, 6.45) is 8.00. The van der Waals surface area contributed by atoms with Crippen molar-refractivity contribution in [3.8, 4) is 0 Å². The molecule has 0 aliphatic rings. The number of hydrogen-bond donors (Lipinski definition) is 0. The Balaban J connectivity index is 3.17. The van der Waals surface area contributed by atoms with Crippen LogP contribution in [0.4, 0.5) is 0 Å². The van der Waals surface area contributed by atoms with Crippen molar-refractivity contribution in [2.24, 2.45) is 5.92 Å². The molecule has 114 valence electrons. The first kappa shape index (κ1) is 18.4. The lowest BCUT2D eigenvalue weighted by Crippen LogP contribution is -2.06. The maximum Gasteiger partial charge on any atom is 0.305 e. The van der Waals surface area contributed by atoms with Crippen LogP contribution in [0, 0.1) is 5.92 Å². The van der Waals surface area contributed by atoms with E-state index in [9.17, 15) is 4.79 Å². The summed E-state index contributed by atoms with van der Waals surface area (Å²) in [7, 11) is 0. The number of hydrogen-bond acceptors (Lipinski definition) is 3. The Morgan fingerprint density at radius 1 is 0.947 bits per heavy atom. The lowest BCUT2D eigenvalue weighted by Gasteiger charge is -2.06. The highest BCUT2D eigenvalue weighted by Gasteiger charge is 2.02. The fourth-order valence-electron chi connectivity index (χ4n) is 1.81. The average molecular weight is 272 g/mol. The first-order valence-corrected chi connectivity index (χ1v) is 7.90. The highest BCUT2D eigenvalue weighted by molar-refractivity contribution is 5.69. The second kappa shape index (κ2) is 13.9.